The highest BCUT2D eigenvalue weighted by Crippen LogP contribution is 2.31. The van der Waals surface area contributed by atoms with Gasteiger partial charge >= 0.3 is 0 Å². The number of ketones is 1. The molecule has 2 heterocycles. The number of aliphatic hydroxyl groups excluding tert-OH is 1. The lowest BCUT2D eigenvalue weighted by molar-refractivity contribution is -0.136. The quantitative estimate of drug-likeness (QED) is 0.164. The van der Waals surface area contributed by atoms with Crippen LogP contribution in [-0.2, 0) is 35.1 Å². The summed E-state index contributed by atoms with van der Waals surface area (Å²) < 4.78 is 16.0. The van der Waals surface area contributed by atoms with E-state index in [0.717, 1.165) is 36.8 Å². The van der Waals surface area contributed by atoms with Crippen molar-refractivity contribution < 1.29 is 38.5 Å². The molecular formula is C32H46N4O8. The number of nitrogens with zero attached hydrogens (tertiary/aromatic N) is 1. The fourth-order valence-corrected chi connectivity index (χ4v) is 5.51. The Morgan fingerprint density at radius 2 is 1.68 bits per heavy atom. The molecule has 242 valence electrons. The van der Waals surface area contributed by atoms with Gasteiger partial charge in [0.25, 0.3) is 0 Å². The summed E-state index contributed by atoms with van der Waals surface area (Å²) in [6, 6.07) is 3.87. The first-order valence-corrected chi connectivity index (χ1v) is 15.5. The zero-order valence-electron chi connectivity index (χ0n) is 25.9. The third-order valence-corrected chi connectivity index (χ3v) is 8.37. The third-order valence-electron chi connectivity index (χ3n) is 8.37. The molecule has 4 rings (SSSR count). The van der Waals surface area contributed by atoms with Crippen LogP contribution >= 0.6 is 0 Å². The number of benzene rings is 1. The highest BCUT2D eigenvalue weighted by atomic mass is 16.6. The number of ether oxygens (including phenoxy) is 3. The second-order valence-electron chi connectivity index (χ2n) is 12.0. The van der Waals surface area contributed by atoms with Crippen LogP contribution in [0.1, 0.15) is 51.5 Å². The largest absolute Gasteiger partial charge is 0.497 e. The van der Waals surface area contributed by atoms with E-state index in [4.69, 9.17) is 14.2 Å². The summed E-state index contributed by atoms with van der Waals surface area (Å²) >= 11 is 0. The summed E-state index contributed by atoms with van der Waals surface area (Å²) in [4.78, 5) is 55.5. The van der Waals surface area contributed by atoms with Crippen molar-refractivity contribution in [1.29, 1.82) is 0 Å². The van der Waals surface area contributed by atoms with Crippen molar-refractivity contribution in [1.82, 2.24) is 20.9 Å². The van der Waals surface area contributed by atoms with Gasteiger partial charge < -0.3 is 35.3 Å². The molecule has 0 spiro atoms. The minimum absolute atomic E-state index is 0.0517. The number of amides is 3. The number of morpholine rings is 1. The maximum Gasteiger partial charge on any atom is 0.245 e. The van der Waals surface area contributed by atoms with Gasteiger partial charge in [0.15, 0.2) is 5.78 Å². The van der Waals surface area contributed by atoms with Gasteiger partial charge in [-0.2, -0.15) is 0 Å². The molecule has 2 aliphatic heterocycles. The number of carbonyl (C=O) groups excluding carboxylic acids is 4. The minimum Gasteiger partial charge on any atom is -0.497 e. The Balaban J connectivity index is 1.50. The van der Waals surface area contributed by atoms with E-state index in [9.17, 15) is 24.3 Å². The molecule has 12 heteroatoms. The van der Waals surface area contributed by atoms with Crippen molar-refractivity contribution in [3.63, 3.8) is 0 Å². The molecule has 1 aliphatic carbocycles. The number of carbonyl (C=O) groups is 4. The molecule has 4 N–H and O–H groups in total. The zero-order valence-corrected chi connectivity index (χ0v) is 25.9. The van der Waals surface area contributed by atoms with Crippen LogP contribution in [0.25, 0.3) is 0 Å². The van der Waals surface area contributed by atoms with E-state index in [1.807, 2.05) is 4.90 Å². The van der Waals surface area contributed by atoms with E-state index in [-0.39, 0.29) is 18.7 Å². The van der Waals surface area contributed by atoms with E-state index in [1.54, 1.807) is 38.3 Å². The molecule has 3 amide bonds. The Morgan fingerprint density at radius 3 is 2.27 bits per heavy atom. The van der Waals surface area contributed by atoms with Gasteiger partial charge in [-0.1, -0.05) is 23.8 Å². The molecule has 12 nitrogen and oxygen atoms in total. The maximum absolute atomic E-state index is 13.9. The number of allylic oxidation sites excluding steroid dienone is 1. The number of epoxide rings is 1. The van der Waals surface area contributed by atoms with Crippen LogP contribution in [0.5, 0.6) is 5.75 Å². The Kier molecular flexibility index (Phi) is 11.9. The summed E-state index contributed by atoms with van der Waals surface area (Å²) in [7, 11) is 1.55. The normalized spacial score (nSPS) is 22.9. The van der Waals surface area contributed by atoms with Gasteiger partial charge in [0, 0.05) is 19.5 Å². The van der Waals surface area contributed by atoms with Crippen LogP contribution < -0.4 is 20.7 Å². The Labute approximate surface area is 258 Å². The van der Waals surface area contributed by atoms with Crippen LogP contribution in [0, 0.1) is 0 Å². The van der Waals surface area contributed by atoms with Crippen LogP contribution in [0.15, 0.2) is 35.9 Å². The molecule has 1 aromatic carbocycles. The van der Waals surface area contributed by atoms with Crippen molar-refractivity contribution in [2.45, 2.75) is 82.2 Å². The smallest absolute Gasteiger partial charge is 0.245 e. The van der Waals surface area contributed by atoms with Gasteiger partial charge in [-0.15, -0.1) is 0 Å². The highest BCUT2D eigenvalue weighted by molar-refractivity contribution is 5.98. The number of aliphatic hydroxyl groups is 1. The lowest BCUT2D eigenvalue weighted by Crippen LogP contribution is -2.60. The molecule has 2 fully saturated rings. The third kappa shape index (κ3) is 9.59. The number of Topliss-reactive ketones (excluding diaryl/α,β-unsaturated/α-hetero) is 1. The fourth-order valence-electron chi connectivity index (χ4n) is 5.51. The Morgan fingerprint density at radius 1 is 1.00 bits per heavy atom. The summed E-state index contributed by atoms with van der Waals surface area (Å²) in [5.41, 5.74) is 0.919. The minimum atomic E-state index is -1.29. The molecule has 1 aromatic rings. The van der Waals surface area contributed by atoms with Gasteiger partial charge in [0.1, 0.15) is 23.4 Å². The SMILES string of the molecule is COc1ccc(C[C@H](NC(=O)[C@@H](NC(=O)CN2CCOCC2)[C@H](C)O)C(=O)N[C@@H](CC2=CCCCC2)C(=O)[C@@]2(C)CO2)cc1. The number of methoxy groups -OCH3 is 1. The average molecular weight is 615 g/mol. The van der Waals surface area contributed by atoms with Gasteiger partial charge in [-0.3, -0.25) is 24.1 Å². The van der Waals surface area contributed by atoms with E-state index in [2.05, 4.69) is 22.0 Å². The molecule has 0 aromatic heterocycles. The number of hydrogen-bond donors (Lipinski definition) is 4. The molecular weight excluding hydrogens is 568 g/mol. The van der Waals surface area contributed by atoms with Crippen LogP contribution in [0.3, 0.4) is 0 Å². The molecule has 5 atom stereocenters. The van der Waals surface area contributed by atoms with Gasteiger partial charge in [-0.25, -0.2) is 0 Å². The van der Waals surface area contributed by atoms with Crippen LogP contribution in [0.4, 0.5) is 0 Å². The summed E-state index contributed by atoms with van der Waals surface area (Å²) in [5.74, 6) is -1.24. The molecule has 0 radical (unpaired) electrons. The monoisotopic (exact) mass is 614 g/mol. The predicted octanol–water partition coefficient (Wildman–Crippen LogP) is 0.654. The van der Waals surface area contributed by atoms with Gasteiger partial charge in [0.05, 0.1) is 45.6 Å². The molecule has 0 saturated carbocycles. The topological polar surface area (TPSA) is 159 Å². The molecule has 0 unspecified atom stereocenters. The molecule has 44 heavy (non-hydrogen) atoms. The second kappa shape index (κ2) is 15.6. The van der Waals surface area contributed by atoms with E-state index < -0.39 is 47.6 Å². The molecule has 3 aliphatic rings. The summed E-state index contributed by atoms with van der Waals surface area (Å²) in [5, 5.41) is 18.7. The van der Waals surface area contributed by atoms with Gasteiger partial charge in [0.2, 0.25) is 17.7 Å². The van der Waals surface area contributed by atoms with E-state index >= 15 is 0 Å². The molecule has 0 bridgehead atoms. The standard InChI is InChI=1S/C32H46N4O8/c1-21(37)28(35-27(38)19-36-13-15-43-16-14-36)31(41)34-26(18-23-9-11-24(42-3)12-10-23)30(40)33-25(29(39)32(2)20-44-32)17-22-7-5-4-6-8-22/h7,9-12,21,25-26,28,37H,4-6,8,13-20H2,1-3H3,(H,33,40)(H,34,41)(H,35,38)/t21-,25-,26-,28-,32+/m0/s1. The lowest BCUT2D eigenvalue weighted by atomic mass is 9.89. The summed E-state index contributed by atoms with van der Waals surface area (Å²) in [6.07, 6.45) is 5.31. The summed E-state index contributed by atoms with van der Waals surface area (Å²) in [6.45, 7) is 5.67. The van der Waals surface area contributed by atoms with Crippen LogP contribution in [-0.4, -0.2) is 110 Å². The Bertz CT molecular complexity index is 1190. The number of nitrogens with one attached hydrogen (secondary N) is 3. The van der Waals surface area contributed by atoms with Crippen molar-refractivity contribution >= 4 is 23.5 Å². The van der Waals surface area contributed by atoms with Crippen molar-refractivity contribution in [2.24, 2.45) is 0 Å². The maximum atomic E-state index is 13.9. The van der Waals surface area contributed by atoms with Crippen molar-refractivity contribution in [2.75, 3.05) is 46.6 Å². The molecule has 2 saturated heterocycles. The lowest BCUT2D eigenvalue weighted by Gasteiger charge is -2.29. The van der Waals surface area contributed by atoms with E-state index in [0.29, 0.717) is 45.1 Å². The predicted molar refractivity (Wildman–Crippen MR) is 162 cm³/mol. The fraction of sp³-hybridized carbons (Fsp3) is 0.625. The number of rotatable bonds is 15. The van der Waals surface area contributed by atoms with E-state index in [1.165, 1.54) is 6.92 Å². The first-order valence-electron chi connectivity index (χ1n) is 15.5. The van der Waals surface area contributed by atoms with Crippen molar-refractivity contribution in [3.05, 3.63) is 41.5 Å². The first-order chi connectivity index (χ1) is 21.1. The zero-order chi connectivity index (χ0) is 31.7. The number of hydrogen-bond acceptors (Lipinski definition) is 9. The van der Waals surface area contributed by atoms with Crippen molar-refractivity contribution in [3.8, 4) is 5.75 Å². The Hall–Kier alpha value is -3.32. The first kappa shape index (κ1) is 33.6. The average Bonchev–Trinajstić information content (AvgIpc) is 3.78. The highest BCUT2D eigenvalue weighted by Gasteiger charge is 2.50. The van der Waals surface area contributed by atoms with Gasteiger partial charge in [-0.05, 0) is 63.6 Å². The second-order valence-corrected chi connectivity index (χ2v) is 12.0. The van der Waals surface area contributed by atoms with Crippen LogP contribution in [0.2, 0.25) is 0 Å².